The standard InChI is InChI=1S/C16H21.C8H11.C6H14.CH3.2ClH.Si.Zr/c1-10(2)13-8-14-6-12(5)7-16(14)15(9-13)11(3)4;1-6-4-7(2)8(3)5-6;1-3-5-6-4-2;;;;;/h6-11H,1-5H3;4,6H,1-3H3;3-6H2,1-2H3;1H3;2*1H;;/q2*-1;;-1;;;;+3. The van der Waals surface area contributed by atoms with Crippen LogP contribution in [0.1, 0.15) is 117 Å². The van der Waals surface area contributed by atoms with Gasteiger partial charge in [0, 0.05) is 11.0 Å². The number of unbranched alkanes of at least 4 members (excludes halogenated alkanes) is 3. The molecule has 0 heterocycles. The first-order chi connectivity index (χ1) is 14.1. The Morgan fingerprint density at radius 1 is 0.886 bits per heavy atom. The predicted molar refractivity (Wildman–Crippen MR) is 164 cm³/mol. The normalized spacial score (nSPS) is 13.3. The van der Waals surface area contributed by atoms with Gasteiger partial charge in [-0.3, -0.25) is 6.08 Å². The van der Waals surface area contributed by atoms with Crippen molar-refractivity contribution in [2.24, 2.45) is 5.92 Å². The molecule has 0 bridgehead atoms. The first kappa shape index (κ1) is 44.9. The molecule has 1 aliphatic rings. The molecule has 3 rings (SSSR count). The fourth-order valence-corrected chi connectivity index (χ4v) is 3.83. The molecular weight excluding hydrogens is 563 g/mol. The van der Waals surface area contributed by atoms with Gasteiger partial charge in [-0.05, 0) is 11.8 Å². The van der Waals surface area contributed by atoms with Crippen LogP contribution in [0, 0.1) is 26.3 Å². The summed E-state index contributed by atoms with van der Waals surface area (Å²) < 4.78 is 0. The predicted octanol–water partition coefficient (Wildman–Crippen LogP) is 10.9. The zero-order chi connectivity index (χ0) is 22.8. The molecule has 0 fully saturated rings. The number of hydrogen-bond donors (Lipinski definition) is 0. The largest absolute Gasteiger partial charge is 3.00 e. The molecule has 4 heteroatoms. The van der Waals surface area contributed by atoms with Crippen molar-refractivity contribution in [1.29, 1.82) is 0 Å². The fraction of sp³-hybridized carbons (Fsp3) is 0.548. The average molecular weight is 614 g/mol. The van der Waals surface area contributed by atoms with Crippen LogP contribution in [0.4, 0.5) is 0 Å². The van der Waals surface area contributed by atoms with Crippen molar-refractivity contribution in [3.8, 4) is 0 Å². The van der Waals surface area contributed by atoms with E-state index >= 15 is 0 Å². The second-order valence-corrected chi connectivity index (χ2v) is 9.57. The van der Waals surface area contributed by atoms with Crippen LogP contribution in [0.5, 0.6) is 0 Å². The maximum atomic E-state index is 3.29. The van der Waals surface area contributed by atoms with Crippen LogP contribution in [-0.4, -0.2) is 11.0 Å². The molecule has 0 amide bonds. The Labute approximate surface area is 255 Å². The SMILES string of the molecule is CC1=[C-]C(C)C=C1C.CCCCCC.Cc1cc2c(C(C)C)cc(C(C)C)cc2[cH-]1.Cl.Cl.[CH3-].[Si].[Zr+3]. The Hall–Kier alpha value is -0.01000. The molecule has 0 aliphatic heterocycles. The molecular formula is C31H51Cl2SiZr. The number of allylic oxidation sites excluding steroid dienone is 4. The van der Waals surface area contributed by atoms with E-state index in [1.54, 1.807) is 0 Å². The molecule has 2 aromatic rings. The summed E-state index contributed by atoms with van der Waals surface area (Å²) in [6.07, 6.45) is 11.1. The maximum absolute atomic E-state index is 3.29. The Bertz CT molecular complexity index is 825. The number of fused-ring (bicyclic) bond motifs is 1. The number of aryl methyl sites for hydroxylation is 1. The van der Waals surface area contributed by atoms with Crippen LogP contribution in [0.15, 0.2) is 41.5 Å². The Morgan fingerprint density at radius 2 is 1.40 bits per heavy atom. The average Bonchev–Trinajstić information content (AvgIpc) is 3.19. The molecule has 0 nitrogen and oxygen atoms in total. The van der Waals surface area contributed by atoms with E-state index in [1.807, 2.05) is 0 Å². The molecule has 35 heavy (non-hydrogen) atoms. The van der Waals surface area contributed by atoms with Gasteiger partial charge in [-0.2, -0.15) is 12.1 Å². The maximum Gasteiger partial charge on any atom is 3.00 e. The zero-order valence-corrected chi connectivity index (χ0v) is 29.4. The molecule has 1 atom stereocenters. The molecule has 0 spiro atoms. The van der Waals surface area contributed by atoms with Crippen LogP contribution in [-0.2, 0) is 26.2 Å². The first-order valence-corrected chi connectivity index (χ1v) is 12.1. The van der Waals surface area contributed by atoms with Crippen molar-refractivity contribution in [3.05, 3.63) is 71.7 Å². The number of hydrogen-bond acceptors (Lipinski definition) is 0. The van der Waals surface area contributed by atoms with Crippen molar-refractivity contribution in [2.45, 2.75) is 107 Å². The molecule has 197 valence electrons. The van der Waals surface area contributed by atoms with Gasteiger partial charge in [0.1, 0.15) is 0 Å². The van der Waals surface area contributed by atoms with Crippen LogP contribution < -0.4 is 0 Å². The van der Waals surface area contributed by atoms with Crippen LogP contribution >= 0.6 is 24.8 Å². The summed E-state index contributed by atoms with van der Waals surface area (Å²) in [7, 11) is 0. The van der Waals surface area contributed by atoms with E-state index in [0.717, 1.165) is 0 Å². The van der Waals surface area contributed by atoms with Crippen molar-refractivity contribution < 1.29 is 26.2 Å². The second kappa shape index (κ2) is 23.1. The first-order valence-electron chi connectivity index (χ1n) is 12.1. The monoisotopic (exact) mass is 611 g/mol. The molecule has 2 aromatic carbocycles. The second-order valence-electron chi connectivity index (χ2n) is 9.57. The molecule has 0 saturated heterocycles. The molecule has 5 radical (unpaired) electrons. The summed E-state index contributed by atoms with van der Waals surface area (Å²) >= 11 is 0. The van der Waals surface area contributed by atoms with Crippen molar-refractivity contribution in [1.82, 2.24) is 0 Å². The Kier molecular flexibility index (Phi) is 29.7. The van der Waals surface area contributed by atoms with Gasteiger partial charge in [0.2, 0.25) is 0 Å². The van der Waals surface area contributed by atoms with Gasteiger partial charge in [0.15, 0.2) is 0 Å². The zero-order valence-electron chi connectivity index (χ0n) is 24.3. The molecule has 0 N–H and O–H groups in total. The van der Waals surface area contributed by atoms with Crippen molar-refractivity contribution >= 4 is 46.6 Å². The van der Waals surface area contributed by atoms with E-state index in [2.05, 4.69) is 106 Å². The van der Waals surface area contributed by atoms with Gasteiger partial charge in [0.25, 0.3) is 0 Å². The topological polar surface area (TPSA) is 0 Å². The fourth-order valence-electron chi connectivity index (χ4n) is 3.83. The van der Waals surface area contributed by atoms with Gasteiger partial charge in [0.05, 0.1) is 0 Å². The molecule has 0 aromatic heterocycles. The molecule has 1 unspecified atom stereocenters. The number of halogens is 2. The van der Waals surface area contributed by atoms with E-state index in [1.165, 1.54) is 64.3 Å². The van der Waals surface area contributed by atoms with Gasteiger partial charge >= 0.3 is 26.2 Å². The minimum Gasteiger partial charge on any atom is -0.358 e. The minimum absolute atomic E-state index is 0. The quantitative estimate of drug-likeness (QED) is 0.179. The van der Waals surface area contributed by atoms with Gasteiger partial charge in [-0.1, -0.05) is 111 Å². The third-order valence-electron chi connectivity index (χ3n) is 5.80. The summed E-state index contributed by atoms with van der Waals surface area (Å²) in [6.45, 7) is 22.1. The molecule has 1 aliphatic carbocycles. The van der Waals surface area contributed by atoms with E-state index in [-0.39, 0.29) is 69.4 Å². The van der Waals surface area contributed by atoms with Gasteiger partial charge in [-0.15, -0.1) is 60.2 Å². The van der Waals surface area contributed by atoms with Crippen LogP contribution in [0.2, 0.25) is 0 Å². The third kappa shape index (κ3) is 15.8. The van der Waals surface area contributed by atoms with Gasteiger partial charge in [-0.25, -0.2) is 11.1 Å². The molecule has 0 saturated carbocycles. The number of rotatable bonds is 5. The third-order valence-corrected chi connectivity index (χ3v) is 5.80. The summed E-state index contributed by atoms with van der Waals surface area (Å²) in [6, 6.07) is 9.35. The summed E-state index contributed by atoms with van der Waals surface area (Å²) in [5.41, 5.74) is 7.03. The minimum atomic E-state index is 0. The van der Waals surface area contributed by atoms with Gasteiger partial charge < -0.3 is 7.43 Å². The summed E-state index contributed by atoms with van der Waals surface area (Å²) in [4.78, 5) is 0. The Balaban J connectivity index is -0.000000136. The smallest absolute Gasteiger partial charge is 0.358 e. The van der Waals surface area contributed by atoms with Crippen molar-refractivity contribution in [2.75, 3.05) is 0 Å². The summed E-state index contributed by atoms with van der Waals surface area (Å²) in [5, 5.41) is 2.85. The Morgan fingerprint density at radius 3 is 1.71 bits per heavy atom. The summed E-state index contributed by atoms with van der Waals surface area (Å²) in [5.74, 6) is 1.76. The van der Waals surface area contributed by atoms with E-state index in [9.17, 15) is 0 Å². The van der Waals surface area contributed by atoms with Crippen LogP contribution in [0.3, 0.4) is 0 Å². The van der Waals surface area contributed by atoms with Crippen molar-refractivity contribution in [3.63, 3.8) is 0 Å². The number of benzene rings is 1. The van der Waals surface area contributed by atoms with E-state index in [0.29, 0.717) is 17.8 Å². The van der Waals surface area contributed by atoms with E-state index in [4.69, 9.17) is 0 Å². The van der Waals surface area contributed by atoms with Crippen LogP contribution in [0.25, 0.3) is 10.8 Å². The van der Waals surface area contributed by atoms with E-state index < -0.39 is 0 Å².